The van der Waals surface area contributed by atoms with Crippen molar-refractivity contribution in [2.45, 2.75) is 51.9 Å². The maximum absolute atomic E-state index is 15.5. The van der Waals surface area contributed by atoms with Crippen LogP contribution in [0.15, 0.2) is 60.7 Å². The Balaban J connectivity index is 1.53. The van der Waals surface area contributed by atoms with E-state index in [4.69, 9.17) is 9.47 Å². The number of rotatable bonds is 6. The second kappa shape index (κ2) is 8.75. The number of nitrogens with zero attached hydrogens (tertiary/aromatic N) is 1. The van der Waals surface area contributed by atoms with Crippen molar-refractivity contribution >= 4 is 5.97 Å². The van der Waals surface area contributed by atoms with Gasteiger partial charge in [0.1, 0.15) is 29.5 Å². The number of hydrogen-bond donors (Lipinski definition) is 0. The molecule has 0 saturated heterocycles. The lowest BCUT2D eigenvalue weighted by Crippen LogP contribution is -2.36. The summed E-state index contributed by atoms with van der Waals surface area (Å²) in [6.07, 6.45) is 3.49. The van der Waals surface area contributed by atoms with E-state index in [0.717, 1.165) is 24.0 Å². The number of halogens is 1. The van der Waals surface area contributed by atoms with E-state index < -0.39 is 5.97 Å². The van der Waals surface area contributed by atoms with E-state index in [1.165, 1.54) is 6.42 Å². The van der Waals surface area contributed by atoms with Gasteiger partial charge in [0, 0.05) is 35.8 Å². The molecule has 1 fully saturated rings. The van der Waals surface area contributed by atoms with Crippen molar-refractivity contribution in [3.63, 3.8) is 0 Å². The lowest BCUT2D eigenvalue weighted by molar-refractivity contribution is 0.0727. The fraction of sp³-hybridized carbons (Fsp3) is 0.296. The Kier molecular flexibility index (Phi) is 5.66. The third-order valence-corrected chi connectivity index (χ3v) is 6.53. The van der Waals surface area contributed by atoms with Gasteiger partial charge in [-0.2, -0.15) is 0 Å². The summed E-state index contributed by atoms with van der Waals surface area (Å²) in [5.41, 5.74) is 2.86. The molecule has 1 aliphatic heterocycles. The molecular weight excluding hydrogens is 405 g/mol. The molecule has 0 amide bonds. The minimum absolute atomic E-state index is 0.177. The summed E-state index contributed by atoms with van der Waals surface area (Å²) < 4.78 is 27.3. The maximum Gasteiger partial charge on any atom is 0.347 e. The van der Waals surface area contributed by atoms with Gasteiger partial charge in [-0.25, -0.2) is 9.18 Å². The number of carbonyl (C=O) groups is 1. The summed E-state index contributed by atoms with van der Waals surface area (Å²) in [6, 6.07) is 19.1. The van der Waals surface area contributed by atoms with Crippen LogP contribution in [0.2, 0.25) is 0 Å². The average Bonchev–Trinajstić information content (AvgIpc) is 3.20. The number of fused-ring (bicyclic) bond motifs is 1. The van der Waals surface area contributed by atoms with Crippen molar-refractivity contribution < 1.29 is 18.7 Å². The fourth-order valence-electron chi connectivity index (χ4n) is 4.51. The molecule has 164 valence electrons. The molecule has 32 heavy (non-hydrogen) atoms. The van der Waals surface area contributed by atoms with E-state index in [-0.39, 0.29) is 16.9 Å². The zero-order chi connectivity index (χ0) is 22.1. The van der Waals surface area contributed by atoms with Gasteiger partial charge >= 0.3 is 5.97 Å². The van der Waals surface area contributed by atoms with E-state index >= 15 is 4.39 Å². The Bertz CT molecular complexity index is 1130. The first-order chi connectivity index (χ1) is 15.6. The number of carbonyl (C=O) groups excluding carboxylic acids is 1. The minimum atomic E-state index is -0.597. The lowest BCUT2D eigenvalue weighted by Gasteiger charge is -2.34. The van der Waals surface area contributed by atoms with Gasteiger partial charge in [-0.15, -0.1) is 0 Å². The van der Waals surface area contributed by atoms with E-state index in [1.54, 1.807) is 31.2 Å². The van der Waals surface area contributed by atoms with Gasteiger partial charge in [-0.1, -0.05) is 55.0 Å². The summed E-state index contributed by atoms with van der Waals surface area (Å²) in [5, 5.41) is 0. The molecule has 4 nitrogen and oxygen atoms in total. The van der Waals surface area contributed by atoms with Gasteiger partial charge in [-0.05, 0) is 37.5 Å². The summed E-state index contributed by atoms with van der Waals surface area (Å²) in [4.78, 5) is 15.5. The van der Waals surface area contributed by atoms with Gasteiger partial charge in [0.2, 0.25) is 0 Å². The molecule has 0 spiro atoms. The van der Waals surface area contributed by atoms with Crippen LogP contribution in [0.1, 0.15) is 51.9 Å². The molecular formula is C27H26FNO3. The first-order valence-electron chi connectivity index (χ1n) is 11.1. The SMILES string of the molecule is Cc1c(F)c2c(c(OCc3ccccc3)c1C(=O)Oc1ccccc1)CN(C1CCC1)C2. The van der Waals surface area contributed by atoms with Crippen LogP contribution < -0.4 is 9.47 Å². The maximum atomic E-state index is 15.5. The number of esters is 1. The first-order valence-corrected chi connectivity index (χ1v) is 11.1. The van der Waals surface area contributed by atoms with Crippen molar-refractivity contribution in [3.05, 3.63) is 94.3 Å². The number of hydrogen-bond acceptors (Lipinski definition) is 4. The van der Waals surface area contributed by atoms with Crippen molar-refractivity contribution in [2.24, 2.45) is 0 Å². The number of ether oxygens (including phenoxy) is 2. The predicted molar refractivity (Wildman–Crippen MR) is 120 cm³/mol. The van der Waals surface area contributed by atoms with Crippen molar-refractivity contribution in [3.8, 4) is 11.5 Å². The van der Waals surface area contributed by atoms with Gasteiger partial charge in [0.15, 0.2) is 0 Å². The topological polar surface area (TPSA) is 38.8 Å². The standard InChI is InChI=1S/C27H26FNO3/c1-18-24(27(30)32-21-13-6-3-7-14-21)26(31-17-19-9-4-2-5-10-19)23-16-29(20-11-8-12-20)15-22(23)25(18)28/h2-7,9-10,13-14,20H,8,11-12,15-17H2,1H3. The second-order valence-electron chi connectivity index (χ2n) is 8.57. The summed E-state index contributed by atoms with van der Waals surface area (Å²) in [7, 11) is 0. The summed E-state index contributed by atoms with van der Waals surface area (Å²) in [5.74, 6) is -0.0529. The first kappa shape index (κ1) is 20.7. The van der Waals surface area contributed by atoms with Crippen molar-refractivity contribution in [2.75, 3.05) is 0 Å². The van der Waals surface area contributed by atoms with Crippen LogP contribution in [0.4, 0.5) is 4.39 Å². The highest BCUT2D eigenvalue weighted by Crippen LogP contribution is 2.42. The Hall–Kier alpha value is -3.18. The zero-order valence-electron chi connectivity index (χ0n) is 18.1. The molecule has 0 atom stereocenters. The Morgan fingerprint density at radius 1 is 1.00 bits per heavy atom. The minimum Gasteiger partial charge on any atom is -0.488 e. The summed E-state index contributed by atoms with van der Waals surface area (Å²) >= 11 is 0. The molecule has 0 radical (unpaired) electrons. The van der Waals surface area contributed by atoms with E-state index in [2.05, 4.69) is 4.90 Å². The molecule has 0 unspecified atom stereocenters. The molecule has 0 aromatic heterocycles. The van der Waals surface area contributed by atoms with Crippen LogP contribution >= 0.6 is 0 Å². The highest BCUT2D eigenvalue weighted by atomic mass is 19.1. The van der Waals surface area contributed by atoms with Crippen molar-refractivity contribution in [1.82, 2.24) is 4.90 Å². The van der Waals surface area contributed by atoms with E-state index in [0.29, 0.717) is 42.8 Å². The van der Waals surface area contributed by atoms with E-state index in [9.17, 15) is 4.79 Å². The van der Waals surface area contributed by atoms with Crippen LogP contribution in [0, 0.1) is 12.7 Å². The largest absolute Gasteiger partial charge is 0.488 e. The molecule has 1 heterocycles. The van der Waals surface area contributed by atoms with Crippen LogP contribution in [0.3, 0.4) is 0 Å². The van der Waals surface area contributed by atoms with Gasteiger partial charge in [0.05, 0.1) is 0 Å². The van der Waals surface area contributed by atoms with Gasteiger partial charge < -0.3 is 9.47 Å². The molecule has 5 rings (SSSR count). The molecule has 3 aromatic carbocycles. The molecule has 5 heteroatoms. The molecule has 0 bridgehead atoms. The fourth-order valence-corrected chi connectivity index (χ4v) is 4.51. The van der Waals surface area contributed by atoms with E-state index in [1.807, 2.05) is 36.4 Å². The molecule has 3 aromatic rings. The normalized spacial score (nSPS) is 15.8. The smallest absolute Gasteiger partial charge is 0.347 e. The third-order valence-electron chi connectivity index (χ3n) is 6.53. The average molecular weight is 432 g/mol. The number of para-hydroxylation sites is 1. The van der Waals surface area contributed by atoms with Crippen LogP contribution in [-0.2, 0) is 19.7 Å². The molecule has 1 saturated carbocycles. The number of benzene rings is 3. The Morgan fingerprint density at radius 3 is 2.31 bits per heavy atom. The Labute approximate surface area is 187 Å². The highest BCUT2D eigenvalue weighted by Gasteiger charge is 2.37. The third kappa shape index (κ3) is 3.89. The van der Waals surface area contributed by atoms with Crippen LogP contribution in [-0.4, -0.2) is 16.9 Å². The Morgan fingerprint density at radius 2 is 1.66 bits per heavy atom. The summed E-state index contributed by atoms with van der Waals surface area (Å²) in [6.45, 7) is 3.08. The quantitative estimate of drug-likeness (QED) is 0.365. The second-order valence-corrected chi connectivity index (χ2v) is 8.57. The zero-order valence-corrected chi connectivity index (χ0v) is 18.1. The molecule has 1 aliphatic carbocycles. The van der Waals surface area contributed by atoms with Crippen LogP contribution in [0.5, 0.6) is 11.5 Å². The lowest BCUT2D eigenvalue weighted by atomic mass is 9.92. The van der Waals surface area contributed by atoms with Gasteiger partial charge in [-0.3, -0.25) is 4.90 Å². The predicted octanol–water partition coefficient (Wildman–Crippen LogP) is 5.80. The molecule has 2 aliphatic rings. The monoisotopic (exact) mass is 431 g/mol. The van der Waals surface area contributed by atoms with Crippen molar-refractivity contribution in [1.29, 1.82) is 0 Å². The van der Waals surface area contributed by atoms with Gasteiger partial charge in [0.25, 0.3) is 0 Å². The molecule has 0 N–H and O–H groups in total. The highest BCUT2D eigenvalue weighted by molar-refractivity contribution is 5.96. The van der Waals surface area contributed by atoms with Crippen LogP contribution in [0.25, 0.3) is 0 Å².